The molecule has 0 aromatic heterocycles. The van der Waals surface area contributed by atoms with Gasteiger partial charge in [0.15, 0.2) is 4.98 Å². The summed E-state index contributed by atoms with van der Waals surface area (Å²) in [5.41, 5.74) is 0.773. The van der Waals surface area contributed by atoms with Crippen molar-refractivity contribution in [2.45, 2.75) is 0 Å². The second-order valence-corrected chi connectivity index (χ2v) is 3.61. The van der Waals surface area contributed by atoms with Gasteiger partial charge in [0.25, 0.3) is 0 Å². The molecular formula is C8H6BBrF4N2O2. The van der Waals surface area contributed by atoms with Gasteiger partial charge in [0, 0.05) is 6.07 Å². The van der Waals surface area contributed by atoms with Crippen LogP contribution in [0, 0.1) is 5.39 Å². The molecule has 0 N–H and O–H groups in total. The third kappa shape index (κ3) is 6.85. The maximum absolute atomic E-state index is 11.0. The Balaban J connectivity index is 0.000000494. The minimum absolute atomic E-state index is 0.368. The van der Waals surface area contributed by atoms with E-state index in [4.69, 9.17) is 5.39 Å². The van der Waals surface area contributed by atoms with Crippen molar-refractivity contribution in [1.82, 2.24) is 0 Å². The molecule has 1 aromatic rings. The van der Waals surface area contributed by atoms with Crippen molar-refractivity contribution >= 4 is 34.8 Å². The van der Waals surface area contributed by atoms with Gasteiger partial charge in [0.05, 0.1) is 12.7 Å². The molecular weight excluding hydrogens is 323 g/mol. The average molecular weight is 329 g/mol. The topological polar surface area (TPSA) is 54.5 Å². The highest BCUT2D eigenvalue weighted by molar-refractivity contribution is 9.10. The number of esters is 1. The Morgan fingerprint density at radius 1 is 1.39 bits per heavy atom. The molecule has 0 heterocycles. The summed E-state index contributed by atoms with van der Waals surface area (Å²) in [6.07, 6.45) is 0. The van der Waals surface area contributed by atoms with Crippen molar-refractivity contribution in [3.8, 4) is 0 Å². The highest BCUT2D eigenvalue weighted by atomic mass is 79.9. The summed E-state index contributed by atoms with van der Waals surface area (Å²) in [7, 11) is -4.69. The molecule has 0 saturated carbocycles. The van der Waals surface area contributed by atoms with Gasteiger partial charge in [-0.3, -0.25) is 0 Å². The van der Waals surface area contributed by atoms with E-state index in [-0.39, 0.29) is 0 Å². The number of diazo groups is 1. The molecule has 98 valence electrons. The zero-order chi connectivity index (χ0) is 14.3. The maximum Gasteiger partial charge on any atom is 0.673 e. The molecule has 10 heteroatoms. The summed E-state index contributed by atoms with van der Waals surface area (Å²) in [4.78, 5) is 14.0. The fraction of sp³-hybridized carbons (Fsp3) is 0.125. The van der Waals surface area contributed by atoms with Gasteiger partial charge in [-0.05, 0) is 28.1 Å². The van der Waals surface area contributed by atoms with E-state index < -0.39 is 13.2 Å². The van der Waals surface area contributed by atoms with Gasteiger partial charge in [-0.25, -0.2) is 4.79 Å². The van der Waals surface area contributed by atoms with Gasteiger partial charge < -0.3 is 22.0 Å². The summed E-state index contributed by atoms with van der Waals surface area (Å²) >= 11 is 3.14. The molecule has 18 heavy (non-hydrogen) atoms. The molecule has 0 radical (unpaired) electrons. The van der Waals surface area contributed by atoms with Gasteiger partial charge >= 0.3 is 18.9 Å². The normalized spacial score (nSPS) is 9.83. The van der Waals surface area contributed by atoms with Crippen LogP contribution in [-0.2, 0) is 4.74 Å². The van der Waals surface area contributed by atoms with Gasteiger partial charge in [0.1, 0.15) is 4.47 Å². The van der Waals surface area contributed by atoms with Crippen molar-refractivity contribution < 1.29 is 26.8 Å². The van der Waals surface area contributed by atoms with E-state index in [1.54, 1.807) is 0 Å². The number of rotatable bonds is 1. The van der Waals surface area contributed by atoms with Crippen LogP contribution in [0.2, 0.25) is 0 Å². The van der Waals surface area contributed by atoms with Crippen LogP contribution in [0.5, 0.6) is 0 Å². The molecule has 0 aliphatic carbocycles. The number of benzene rings is 1. The van der Waals surface area contributed by atoms with Crippen LogP contribution in [-0.4, -0.2) is 20.3 Å². The smallest absolute Gasteiger partial charge is 0.465 e. The van der Waals surface area contributed by atoms with Crippen molar-refractivity contribution in [1.29, 1.82) is 5.39 Å². The van der Waals surface area contributed by atoms with Crippen LogP contribution in [0.4, 0.5) is 23.0 Å². The first kappa shape index (κ1) is 16.4. The Bertz CT molecular complexity index is 469. The highest BCUT2D eigenvalue weighted by Crippen LogP contribution is 2.26. The Hall–Kier alpha value is -1.63. The predicted octanol–water partition coefficient (Wildman–Crippen LogP) is 4.02. The van der Waals surface area contributed by atoms with Gasteiger partial charge in [-0.15, -0.1) is 0 Å². The van der Waals surface area contributed by atoms with Gasteiger partial charge in [-0.1, -0.05) is 0 Å². The van der Waals surface area contributed by atoms with E-state index in [0.717, 1.165) is 0 Å². The Morgan fingerprint density at radius 2 is 1.89 bits per heavy atom. The van der Waals surface area contributed by atoms with Crippen molar-refractivity contribution in [2.24, 2.45) is 0 Å². The summed E-state index contributed by atoms with van der Waals surface area (Å²) in [5, 5.41) is 8.48. The molecule has 0 bridgehead atoms. The fourth-order valence-corrected chi connectivity index (χ4v) is 1.29. The van der Waals surface area contributed by atoms with Gasteiger partial charge in [0.2, 0.25) is 5.39 Å². The molecule has 0 aliphatic heterocycles. The lowest BCUT2D eigenvalue weighted by atomic mass is 10.2. The zero-order valence-corrected chi connectivity index (χ0v) is 10.5. The minimum Gasteiger partial charge on any atom is -0.465 e. The summed E-state index contributed by atoms with van der Waals surface area (Å²) in [5.74, 6) is -0.426. The molecule has 0 saturated heterocycles. The van der Waals surface area contributed by atoms with Crippen LogP contribution in [0.3, 0.4) is 0 Å². The number of ether oxygens (including phenoxy) is 1. The van der Waals surface area contributed by atoms with Crippen LogP contribution in [0.15, 0.2) is 22.7 Å². The summed E-state index contributed by atoms with van der Waals surface area (Å²) in [6, 6.07) is 4.56. The first-order valence-electron chi connectivity index (χ1n) is 4.29. The third-order valence-electron chi connectivity index (χ3n) is 1.48. The first-order chi connectivity index (χ1) is 8.19. The lowest BCUT2D eigenvalue weighted by Gasteiger charge is -1.96. The van der Waals surface area contributed by atoms with Crippen molar-refractivity contribution in [2.75, 3.05) is 7.11 Å². The van der Waals surface area contributed by atoms with E-state index >= 15 is 0 Å². The van der Waals surface area contributed by atoms with E-state index in [2.05, 4.69) is 25.6 Å². The third-order valence-corrected chi connectivity index (χ3v) is 2.11. The minimum atomic E-state index is -6.00. The summed E-state index contributed by atoms with van der Waals surface area (Å²) in [6.45, 7) is 0. The Morgan fingerprint density at radius 3 is 2.22 bits per heavy atom. The number of carbonyl (C=O) groups excluding carboxylic acids is 1. The molecule has 4 nitrogen and oxygen atoms in total. The Labute approximate surface area is 108 Å². The second kappa shape index (κ2) is 6.95. The fourth-order valence-electron chi connectivity index (χ4n) is 0.833. The number of carbonyl (C=O) groups is 1. The van der Waals surface area contributed by atoms with Crippen molar-refractivity contribution in [3.05, 3.63) is 33.2 Å². The van der Waals surface area contributed by atoms with E-state index in [1.807, 2.05) is 0 Å². The van der Waals surface area contributed by atoms with Crippen LogP contribution >= 0.6 is 15.9 Å². The average Bonchev–Trinajstić information content (AvgIpc) is 2.25. The van der Waals surface area contributed by atoms with E-state index in [0.29, 0.717) is 15.7 Å². The largest absolute Gasteiger partial charge is 0.673 e. The summed E-state index contributed by atoms with van der Waals surface area (Å²) < 4.78 is 44.1. The molecule has 0 aliphatic rings. The standard InChI is InChI=1S/C8H6BrN2O2.BF4/c1-13-8(12)5-2-3-7(11-10)6(9)4-5;2-1(3,4)5/h2-4H,1H3;/q+1;-1. The maximum atomic E-state index is 11.0. The number of methoxy groups -OCH3 is 1. The number of halogens is 5. The molecule has 1 aromatic carbocycles. The second-order valence-electron chi connectivity index (χ2n) is 2.75. The number of hydrogen-bond donors (Lipinski definition) is 0. The van der Waals surface area contributed by atoms with Crippen LogP contribution < -0.4 is 0 Å². The highest BCUT2D eigenvalue weighted by Gasteiger charge is 2.20. The molecule has 0 fully saturated rings. The predicted molar refractivity (Wildman–Crippen MR) is 60.4 cm³/mol. The van der Waals surface area contributed by atoms with Crippen molar-refractivity contribution in [3.63, 3.8) is 0 Å². The monoisotopic (exact) mass is 328 g/mol. The zero-order valence-electron chi connectivity index (χ0n) is 8.91. The van der Waals surface area contributed by atoms with Crippen LogP contribution in [0.25, 0.3) is 4.98 Å². The SMILES string of the molecule is COC(=O)c1ccc([N+]#N)c(Br)c1.F[B-](F)(F)F. The Kier molecular flexibility index (Phi) is 6.33. The lowest BCUT2D eigenvalue weighted by Crippen LogP contribution is -2.02. The quantitative estimate of drug-likeness (QED) is 0.338. The molecule has 0 atom stereocenters. The molecule has 0 unspecified atom stereocenters. The molecule has 0 amide bonds. The number of nitrogens with zero attached hydrogens (tertiary/aromatic N) is 2. The first-order valence-corrected chi connectivity index (χ1v) is 5.08. The van der Waals surface area contributed by atoms with Crippen LogP contribution in [0.1, 0.15) is 10.4 Å². The van der Waals surface area contributed by atoms with E-state index in [1.165, 1.54) is 25.3 Å². The molecule has 1 rings (SSSR count). The number of hydrogen-bond acceptors (Lipinski definition) is 3. The van der Waals surface area contributed by atoms with Gasteiger partial charge in [-0.2, -0.15) is 0 Å². The lowest BCUT2D eigenvalue weighted by molar-refractivity contribution is 0.0600. The van der Waals surface area contributed by atoms with E-state index in [9.17, 15) is 22.1 Å². The molecule has 0 spiro atoms.